The molecule has 5 heterocycles. The number of halogens is 1. The van der Waals surface area contributed by atoms with E-state index in [0.29, 0.717) is 70.5 Å². The van der Waals surface area contributed by atoms with Crippen LogP contribution >= 0.6 is 11.6 Å². The first kappa shape index (κ1) is 27.5. The molecule has 0 unspecified atom stereocenters. The van der Waals surface area contributed by atoms with Crippen LogP contribution in [0.3, 0.4) is 0 Å². The summed E-state index contributed by atoms with van der Waals surface area (Å²) in [5.41, 5.74) is 2.12. The highest BCUT2D eigenvalue weighted by molar-refractivity contribution is 6.31. The van der Waals surface area contributed by atoms with Gasteiger partial charge in [-0.1, -0.05) is 11.6 Å². The number of aromatic amines is 1. The van der Waals surface area contributed by atoms with Gasteiger partial charge in [0.05, 0.1) is 37.9 Å². The van der Waals surface area contributed by atoms with Gasteiger partial charge < -0.3 is 29.6 Å². The molecule has 10 nitrogen and oxygen atoms in total. The van der Waals surface area contributed by atoms with E-state index in [1.54, 1.807) is 0 Å². The maximum Gasteiger partial charge on any atom is 0.228 e. The van der Waals surface area contributed by atoms with Gasteiger partial charge in [-0.05, 0) is 43.5 Å². The molecule has 3 saturated heterocycles. The van der Waals surface area contributed by atoms with Gasteiger partial charge >= 0.3 is 0 Å². The van der Waals surface area contributed by atoms with Crippen molar-refractivity contribution in [2.75, 3.05) is 72.2 Å². The Morgan fingerprint density at radius 3 is 2.58 bits per heavy atom. The number of fused-ring (bicyclic) bond motifs is 5. The van der Waals surface area contributed by atoms with E-state index < -0.39 is 17.4 Å². The minimum absolute atomic E-state index is 0.0190. The molecule has 2 N–H and O–H groups in total. The maximum atomic E-state index is 14.2. The average Bonchev–Trinajstić information content (AvgIpc) is 3.34. The number of morpholine rings is 2. The molecule has 0 saturated carbocycles. The minimum atomic E-state index is -0.852. The van der Waals surface area contributed by atoms with Gasteiger partial charge in [0, 0.05) is 79.8 Å². The van der Waals surface area contributed by atoms with Crippen molar-refractivity contribution in [3.8, 4) is 0 Å². The van der Waals surface area contributed by atoms with E-state index in [1.807, 2.05) is 34.9 Å². The highest BCUT2D eigenvalue weighted by Gasteiger charge is 2.57. The summed E-state index contributed by atoms with van der Waals surface area (Å²) in [6.45, 7) is 8.99. The van der Waals surface area contributed by atoms with Crippen molar-refractivity contribution in [3.63, 3.8) is 0 Å². The molecule has 40 heavy (non-hydrogen) atoms. The average molecular weight is 572 g/mol. The van der Waals surface area contributed by atoms with Crippen LogP contribution in [0, 0.1) is 11.8 Å². The van der Waals surface area contributed by atoms with E-state index in [-0.39, 0.29) is 24.1 Å². The summed E-state index contributed by atoms with van der Waals surface area (Å²) < 4.78 is 10.9. The Bertz CT molecular complexity index is 1290. The summed E-state index contributed by atoms with van der Waals surface area (Å²) in [4.78, 5) is 50.7. The fourth-order valence-corrected chi connectivity index (χ4v) is 7.20. The van der Waals surface area contributed by atoms with Crippen LogP contribution in [-0.4, -0.2) is 110 Å². The zero-order valence-electron chi connectivity index (χ0n) is 23.0. The molecule has 3 atom stereocenters. The number of piperidine rings is 1. The van der Waals surface area contributed by atoms with E-state index in [4.69, 9.17) is 21.1 Å². The number of carbonyl (C=O) groups excluding carboxylic acids is 3. The van der Waals surface area contributed by atoms with Crippen molar-refractivity contribution in [3.05, 3.63) is 34.5 Å². The first-order valence-corrected chi connectivity index (χ1v) is 14.8. The molecule has 4 aliphatic heterocycles. The summed E-state index contributed by atoms with van der Waals surface area (Å²) in [5.74, 6) is -1.22. The van der Waals surface area contributed by atoms with E-state index >= 15 is 0 Å². The summed E-state index contributed by atoms with van der Waals surface area (Å²) >= 11 is 6.34. The molecule has 1 aromatic heterocycles. The van der Waals surface area contributed by atoms with E-state index in [1.165, 1.54) is 0 Å². The standard InChI is InChI=1S/C29H38ClN5O5/c1-29-23(28(38)34-10-14-40-15-11-34)16-19(17-25(36)31-5-7-33-8-12-39-13-9-33)27(37)35(29)6-4-21-22-18-20(30)2-3-24(22)32-26(21)29/h2-3,18-19,23,32H,4-17H2,1H3,(H,31,36)/t19-,23-,29+/m1/s1. The molecule has 216 valence electrons. The number of amides is 3. The van der Waals surface area contributed by atoms with Crippen molar-refractivity contribution in [1.82, 2.24) is 25.0 Å². The lowest BCUT2D eigenvalue weighted by molar-refractivity contribution is -0.166. The van der Waals surface area contributed by atoms with Crippen LogP contribution in [0.2, 0.25) is 5.02 Å². The van der Waals surface area contributed by atoms with Crippen molar-refractivity contribution in [2.45, 2.75) is 31.7 Å². The van der Waals surface area contributed by atoms with Gasteiger partial charge in [0.1, 0.15) is 0 Å². The molecule has 4 aliphatic rings. The number of hydrogen-bond donors (Lipinski definition) is 2. The Morgan fingerprint density at radius 1 is 1.10 bits per heavy atom. The van der Waals surface area contributed by atoms with Crippen LogP contribution in [-0.2, 0) is 35.8 Å². The molecule has 11 heteroatoms. The van der Waals surface area contributed by atoms with Gasteiger partial charge in [-0.25, -0.2) is 0 Å². The fourth-order valence-electron chi connectivity index (χ4n) is 7.03. The molecule has 0 bridgehead atoms. The van der Waals surface area contributed by atoms with Gasteiger partial charge in [-0.3, -0.25) is 19.3 Å². The van der Waals surface area contributed by atoms with Crippen molar-refractivity contribution in [2.24, 2.45) is 11.8 Å². The topological polar surface area (TPSA) is 107 Å². The smallest absolute Gasteiger partial charge is 0.228 e. The van der Waals surface area contributed by atoms with E-state index in [9.17, 15) is 14.4 Å². The molecule has 1 aromatic carbocycles. The monoisotopic (exact) mass is 571 g/mol. The zero-order valence-corrected chi connectivity index (χ0v) is 23.8. The third kappa shape index (κ3) is 5.00. The minimum Gasteiger partial charge on any atom is -0.379 e. The number of H-pyrrole nitrogens is 1. The number of hydrogen-bond acceptors (Lipinski definition) is 6. The summed E-state index contributed by atoms with van der Waals surface area (Å²) in [6.07, 6.45) is 1.07. The molecule has 6 rings (SSSR count). The number of nitrogens with zero attached hydrogens (tertiary/aromatic N) is 3. The number of carbonyl (C=O) groups is 3. The van der Waals surface area contributed by atoms with E-state index in [2.05, 4.69) is 15.2 Å². The highest BCUT2D eigenvalue weighted by atomic mass is 35.5. The third-order valence-electron chi connectivity index (χ3n) is 9.24. The summed E-state index contributed by atoms with van der Waals surface area (Å²) in [5, 5.41) is 4.69. The Hall–Kier alpha value is -2.66. The van der Waals surface area contributed by atoms with Crippen LogP contribution in [0.4, 0.5) is 0 Å². The fraction of sp³-hybridized carbons (Fsp3) is 0.621. The number of ether oxygens (including phenoxy) is 2. The molecule has 0 radical (unpaired) electrons. The molecule has 2 aromatic rings. The lowest BCUT2D eigenvalue weighted by atomic mass is 9.67. The Balaban J connectivity index is 1.26. The number of rotatable bonds is 6. The number of benzene rings is 1. The molecular weight excluding hydrogens is 534 g/mol. The molecular formula is C29H38ClN5O5. The predicted octanol–water partition coefficient (Wildman–Crippen LogP) is 1.75. The van der Waals surface area contributed by atoms with Crippen molar-refractivity contribution < 1.29 is 23.9 Å². The lowest BCUT2D eigenvalue weighted by Gasteiger charge is -2.54. The van der Waals surface area contributed by atoms with Gasteiger partial charge in [0.25, 0.3) is 0 Å². The quantitative estimate of drug-likeness (QED) is 0.547. The Labute approximate surface area is 239 Å². The maximum absolute atomic E-state index is 14.2. The first-order chi connectivity index (χ1) is 19.4. The molecule has 3 amide bonds. The largest absolute Gasteiger partial charge is 0.379 e. The van der Waals surface area contributed by atoms with Crippen molar-refractivity contribution in [1.29, 1.82) is 0 Å². The lowest BCUT2D eigenvalue weighted by Crippen LogP contribution is -2.65. The van der Waals surface area contributed by atoms with E-state index in [0.717, 1.165) is 41.8 Å². The third-order valence-corrected chi connectivity index (χ3v) is 9.48. The van der Waals surface area contributed by atoms with Gasteiger partial charge in [-0.15, -0.1) is 0 Å². The van der Waals surface area contributed by atoms with Gasteiger partial charge in [-0.2, -0.15) is 0 Å². The van der Waals surface area contributed by atoms with Crippen molar-refractivity contribution >= 4 is 40.2 Å². The van der Waals surface area contributed by atoms with Crippen LogP contribution < -0.4 is 5.32 Å². The Morgan fingerprint density at radius 2 is 1.82 bits per heavy atom. The van der Waals surface area contributed by atoms with Gasteiger partial charge in [0.15, 0.2) is 0 Å². The zero-order chi connectivity index (χ0) is 27.9. The second-order valence-electron chi connectivity index (χ2n) is 11.5. The molecule has 3 fully saturated rings. The van der Waals surface area contributed by atoms with Crippen LogP contribution in [0.15, 0.2) is 18.2 Å². The molecule has 0 aliphatic carbocycles. The Kier molecular flexibility index (Phi) is 7.78. The second-order valence-corrected chi connectivity index (χ2v) is 11.9. The summed E-state index contributed by atoms with van der Waals surface area (Å²) in [6, 6.07) is 5.76. The predicted molar refractivity (Wildman–Crippen MR) is 150 cm³/mol. The molecule has 0 spiro atoms. The summed E-state index contributed by atoms with van der Waals surface area (Å²) in [7, 11) is 0. The van der Waals surface area contributed by atoms with Crippen LogP contribution in [0.1, 0.15) is 31.0 Å². The SMILES string of the molecule is C[C@]12c3[nH]c4ccc(Cl)cc4c3CCN1C(=O)[C@@H](CC(=O)NCCN1CCOCC1)C[C@@H]2C(=O)N1CCOCC1. The highest BCUT2D eigenvalue weighted by Crippen LogP contribution is 2.50. The second kappa shape index (κ2) is 11.3. The first-order valence-electron chi connectivity index (χ1n) is 14.4. The number of nitrogens with one attached hydrogen (secondary N) is 2. The number of aromatic nitrogens is 1. The van der Waals surface area contributed by atoms with Gasteiger partial charge in [0.2, 0.25) is 17.7 Å². The van der Waals surface area contributed by atoms with Crippen LogP contribution in [0.5, 0.6) is 0 Å². The normalized spacial score (nSPS) is 27.4. The van der Waals surface area contributed by atoms with Crippen LogP contribution in [0.25, 0.3) is 10.9 Å².